The van der Waals surface area contributed by atoms with Crippen LogP contribution in [-0.2, 0) is 25.5 Å². The van der Waals surface area contributed by atoms with Crippen LogP contribution >= 0.6 is 11.6 Å². The number of methoxy groups -OCH3 is 1. The van der Waals surface area contributed by atoms with Crippen LogP contribution in [0.4, 0.5) is 5.69 Å². The van der Waals surface area contributed by atoms with E-state index in [1.54, 1.807) is 54.6 Å². The molecule has 2 bridgehead atoms. The van der Waals surface area contributed by atoms with Crippen LogP contribution in [-0.4, -0.2) is 50.1 Å². The molecule has 2 N–H and O–H groups in total. The second-order valence-electron chi connectivity index (χ2n) is 9.01. The van der Waals surface area contributed by atoms with Gasteiger partial charge < -0.3 is 19.8 Å². The molecule has 1 aliphatic heterocycles. The molecule has 0 saturated carbocycles. The summed E-state index contributed by atoms with van der Waals surface area (Å²) in [6, 6.07) is 9.72. The van der Waals surface area contributed by atoms with Crippen LogP contribution in [0, 0.1) is 0 Å². The highest BCUT2D eigenvalue weighted by molar-refractivity contribution is 6.30. The monoisotopic (exact) mass is 573 g/mol. The Morgan fingerprint density at radius 1 is 1.24 bits per heavy atom. The van der Waals surface area contributed by atoms with Gasteiger partial charge in [-0.1, -0.05) is 29.8 Å². The third-order valence-electron chi connectivity index (χ3n) is 6.18. The predicted molar refractivity (Wildman–Crippen MR) is 149 cm³/mol. The van der Waals surface area contributed by atoms with E-state index in [9.17, 15) is 14.4 Å². The highest BCUT2D eigenvalue weighted by atomic mass is 35.5. The molecule has 4 aromatic rings. The fourth-order valence-corrected chi connectivity index (χ4v) is 4.38. The van der Waals surface area contributed by atoms with Gasteiger partial charge in [0, 0.05) is 28.6 Å². The molecule has 1 aliphatic rings. The van der Waals surface area contributed by atoms with Gasteiger partial charge in [-0.25, -0.2) is 4.98 Å². The maximum absolute atomic E-state index is 13.0. The zero-order valence-corrected chi connectivity index (χ0v) is 22.5. The number of hydrogen-bond acceptors (Lipinski definition) is 9. The molecule has 41 heavy (non-hydrogen) atoms. The molecule has 208 valence electrons. The van der Waals surface area contributed by atoms with Crippen LogP contribution in [0.3, 0.4) is 0 Å². The second kappa shape index (κ2) is 12.4. The number of hydrogen-bond donors (Lipinski definition) is 2. The van der Waals surface area contributed by atoms with Gasteiger partial charge in [0.15, 0.2) is 5.76 Å². The van der Waals surface area contributed by atoms with Crippen LogP contribution in [0.15, 0.2) is 71.6 Å². The molecule has 0 spiro atoms. The molecule has 5 rings (SSSR count). The number of tetrazole rings is 1. The van der Waals surface area contributed by atoms with Crippen LogP contribution in [0.1, 0.15) is 35.9 Å². The van der Waals surface area contributed by atoms with Crippen LogP contribution in [0.25, 0.3) is 23.1 Å². The Bertz CT molecular complexity index is 1650. The number of carbonyl (C=O) groups is 3. The Morgan fingerprint density at radius 3 is 2.93 bits per heavy atom. The largest absolute Gasteiger partial charge is 0.469 e. The van der Waals surface area contributed by atoms with Gasteiger partial charge in [0.05, 0.1) is 31.1 Å². The molecule has 13 heteroatoms. The van der Waals surface area contributed by atoms with E-state index in [0.717, 1.165) is 0 Å². The minimum Gasteiger partial charge on any atom is -0.469 e. The molecule has 3 heterocycles. The lowest BCUT2D eigenvalue weighted by Crippen LogP contribution is -2.26. The van der Waals surface area contributed by atoms with Gasteiger partial charge in [0.1, 0.15) is 12.4 Å². The van der Waals surface area contributed by atoms with E-state index in [1.165, 1.54) is 30.4 Å². The lowest BCUT2D eigenvalue weighted by molar-refractivity contribution is -0.139. The first-order chi connectivity index (χ1) is 19.9. The Hall–Kier alpha value is -5.10. The lowest BCUT2D eigenvalue weighted by Gasteiger charge is -2.14. The van der Waals surface area contributed by atoms with Crippen LogP contribution in [0.5, 0.6) is 0 Å². The predicted octanol–water partition coefficient (Wildman–Crippen LogP) is 3.85. The molecule has 2 amide bonds. The highest BCUT2D eigenvalue weighted by Gasteiger charge is 2.21. The third-order valence-corrected chi connectivity index (χ3v) is 6.41. The Kier molecular flexibility index (Phi) is 8.30. The summed E-state index contributed by atoms with van der Waals surface area (Å²) < 4.78 is 12.3. The van der Waals surface area contributed by atoms with E-state index >= 15 is 0 Å². The summed E-state index contributed by atoms with van der Waals surface area (Å²) in [5.74, 6) is -0.363. The van der Waals surface area contributed by atoms with Crippen molar-refractivity contribution in [3.8, 4) is 17.0 Å². The van der Waals surface area contributed by atoms with Crippen molar-refractivity contribution in [2.24, 2.45) is 0 Å². The van der Waals surface area contributed by atoms with Crippen molar-refractivity contribution < 1.29 is 23.5 Å². The van der Waals surface area contributed by atoms with E-state index in [0.29, 0.717) is 51.2 Å². The summed E-state index contributed by atoms with van der Waals surface area (Å²) in [4.78, 5) is 41.8. The molecule has 0 fully saturated rings. The summed E-state index contributed by atoms with van der Waals surface area (Å²) in [5.41, 5.74) is 2.98. The zero-order chi connectivity index (χ0) is 28.8. The fourth-order valence-electron chi connectivity index (χ4n) is 4.20. The maximum atomic E-state index is 13.0. The number of nitrogens with zero attached hydrogens (tertiary/aromatic N) is 5. The van der Waals surface area contributed by atoms with Crippen molar-refractivity contribution in [3.63, 3.8) is 0 Å². The number of anilines is 1. The van der Waals surface area contributed by atoms with Crippen molar-refractivity contribution in [3.05, 3.63) is 89.2 Å². The number of oxazole rings is 1. The van der Waals surface area contributed by atoms with E-state index in [2.05, 4.69) is 31.1 Å². The number of nitrogens with one attached hydrogen (secondary N) is 2. The van der Waals surface area contributed by atoms with E-state index < -0.39 is 17.9 Å². The van der Waals surface area contributed by atoms with Crippen molar-refractivity contribution >= 4 is 41.1 Å². The number of amides is 2. The highest BCUT2D eigenvalue weighted by Crippen LogP contribution is 2.32. The van der Waals surface area contributed by atoms with Gasteiger partial charge in [-0.05, 0) is 58.8 Å². The molecule has 0 radical (unpaired) electrons. The number of rotatable bonds is 6. The fraction of sp³-hybridized carbons (Fsp3) is 0.179. The summed E-state index contributed by atoms with van der Waals surface area (Å²) >= 11 is 6.17. The quantitative estimate of drug-likeness (QED) is 0.199. The average molecular weight is 574 g/mol. The van der Waals surface area contributed by atoms with E-state index in [4.69, 9.17) is 20.8 Å². The Morgan fingerprint density at radius 2 is 2.12 bits per heavy atom. The first kappa shape index (κ1) is 27.5. The number of esters is 1. The molecular weight excluding hydrogens is 550 g/mol. The van der Waals surface area contributed by atoms with Gasteiger partial charge in [-0.2, -0.15) is 4.68 Å². The first-order valence-corrected chi connectivity index (χ1v) is 12.9. The van der Waals surface area contributed by atoms with Gasteiger partial charge in [-0.15, -0.1) is 5.10 Å². The smallest absolute Gasteiger partial charge is 0.309 e. The second-order valence-corrected chi connectivity index (χ2v) is 9.44. The average Bonchev–Trinajstić information content (AvgIpc) is 3.66. The number of aromatic nitrogens is 5. The van der Waals surface area contributed by atoms with Crippen molar-refractivity contribution in [1.29, 1.82) is 0 Å². The van der Waals surface area contributed by atoms with Gasteiger partial charge in [-0.3, -0.25) is 14.4 Å². The van der Waals surface area contributed by atoms with Crippen molar-refractivity contribution in [2.45, 2.75) is 25.3 Å². The lowest BCUT2D eigenvalue weighted by atomic mass is 10.0. The van der Waals surface area contributed by atoms with Crippen LogP contribution < -0.4 is 10.6 Å². The third kappa shape index (κ3) is 6.73. The van der Waals surface area contributed by atoms with E-state index in [-0.39, 0.29) is 18.7 Å². The Labute approximate surface area is 239 Å². The number of fused-ring (bicyclic) bond motifs is 4. The standard InChI is InChI=1S/C28H24ClN7O5/c1-40-27(39)13-17-6-9-20-22(12-17)33-25(37)5-3-2-4-21(28-30-15-24(20)41-28)32-26(38)11-7-18-14-19(29)8-10-23(18)36-16-31-34-35-36/h2-3,6-12,14-16,21H,4-5,13H2,1H3,(H,32,38)(H,33,37)/b3-2+,11-7+/t21-/m0/s1. The van der Waals surface area contributed by atoms with E-state index in [1.807, 2.05) is 0 Å². The number of benzene rings is 2. The van der Waals surface area contributed by atoms with Gasteiger partial charge in [0.25, 0.3) is 0 Å². The van der Waals surface area contributed by atoms with Gasteiger partial charge >= 0.3 is 5.97 Å². The zero-order valence-electron chi connectivity index (χ0n) is 21.8. The number of ether oxygens (including phenoxy) is 1. The summed E-state index contributed by atoms with van der Waals surface area (Å²) in [7, 11) is 1.32. The molecule has 2 aromatic heterocycles. The maximum Gasteiger partial charge on any atom is 0.309 e. The normalized spacial score (nSPS) is 15.8. The first-order valence-electron chi connectivity index (χ1n) is 12.5. The molecule has 0 aliphatic carbocycles. The molecule has 0 unspecified atom stereocenters. The van der Waals surface area contributed by atoms with Crippen LogP contribution in [0.2, 0.25) is 5.02 Å². The minimum absolute atomic E-state index is 0.0508. The number of halogens is 1. The molecule has 12 nitrogen and oxygen atoms in total. The topological polar surface area (TPSA) is 154 Å². The summed E-state index contributed by atoms with van der Waals surface area (Å²) in [5, 5.41) is 17.5. The minimum atomic E-state index is -0.611. The van der Waals surface area contributed by atoms with Gasteiger partial charge in [0.2, 0.25) is 17.7 Å². The molecule has 0 saturated heterocycles. The molecule has 1 atom stereocenters. The number of carbonyl (C=O) groups excluding carboxylic acids is 3. The molecular formula is C28H24ClN7O5. The SMILES string of the molecule is COC(=O)Cc1ccc2c(c1)NC(=O)C/C=C/C[C@H](NC(=O)/C=C/c1cc(Cl)ccc1-n1cnnn1)c1ncc-2o1. The summed E-state index contributed by atoms with van der Waals surface area (Å²) in [6.07, 6.45) is 9.94. The summed E-state index contributed by atoms with van der Waals surface area (Å²) in [6.45, 7) is 0. The Balaban J connectivity index is 1.40. The van der Waals surface area contributed by atoms with Crippen molar-refractivity contribution in [2.75, 3.05) is 12.4 Å². The molecule has 2 aromatic carbocycles. The van der Waals surface area contributed by atoms with Crippen molar-refractivity contribution in [1.82, 2.24) is 30.5 Å².